The third-order valence-electron chi connectivity index (χ3n) is 3.83. The molecule has 4 nitrogen and oxygen atoms in total. The maximum atomic E-state index is 5.90. The minimum atomic E-state index is -2.44. The van der Waals surface area contributed by atoms with Crippen molar-refractivity contribution in [2.24, 2.45) is 11.5 Å². The van der Waals surface area contributed by atoms with E-state index in [1.165, 1.54) is 5.56 Å². The molecule has 0 fully saturated rings. The van der Waals surface area contributed by atoms with Gasteiger partial charge in [-0.15, -0.1) is 88.6 Å². The van der Waals surface area contributed by atoms with Crippen molar-refractivity contribution in [3.63, 3.8) is 0 Å². The van der Waals surface area contributed by atoms with E-state index in [2.05, 4.69) is 5.32 Å². The number of rotatable bonds is 13. The van der Waals surface area contributed by atoms with Crippen molar-refractivity contribution in [3.05, 3.63) is 29.8 Å². The summed E-state index contributed by atoms with van der Waals surface area (Å²) < 4.78 is 0. The van der Waals surface area contributed by atoms with Crippen LogP contribution in [0.15, 0.2) is 24.3 Å². The zero-order chi connectivity index (χ0) is 26.0. The lowest BCUT2D eigenvalue weighted by molar-refractivity contribution is 0.676. The Hall–Kier alpha value is 1.87. The van der Waals surface area contributed by atoms with Gasteiger partial charge in [-0.05, 0) is 81.1 Å². The highest BCUT2D eigenvalue weighted by molar-refractivity contribution is 7.65. The molecule has 0 aliphatic carbocycles. The molecule has 0 saturated carbocycles. The average Bonchev–Trinajstić information content (AvgIpc) is 2.65. The SMILES string of the molecule is C[Si](Cl)(Cl)CCCNCCN.NCCC[Si](Cl)(Cl)Cl.Nc1cccc(CCC[Si](Cl)(Cl)Cl)c1. The Kier molecular flexibility index (Phi) is 23.4. The molecular formula is C18H36Cl8N4Si3. The number of nitrogens with one attached hydrogen (secondary N) is 1. The number of benzene rings is 1. The first-order valence-electron chi connectivity index (χ1n) is 10.6. The van der Waals surface area contributed by atoms with Crippen LogP contribution in [0, 0.1) is 0 Å². The molecule has 0 radical (unpaired) electrons. The molecule has 0 heterocycles. The number of hydrogen-bond donors (Lipinski definition) is 4. The molecule has 0 aromatic heterocycles. The van der Waals surface area contributed by atoms with E-state index < -0.39 is 18.7 Å². The number of anilines is 1. The van der Waals surface area contributed by atoms with E-state index in [-0.39, 0.29) is 0 Å². The summed E-state index contributed by atoms with van der Waals surface area (Å²) in [5.74, 6) is 0. The molecule has 0 atom stereocenters. The van der Waals surface area contributed by atoms with Crippen molar-refractivity contribution in [3.8, 4) is 0 Å². The lowest BCUT2D eigenvalue weighted by Crippen LogP contribution is -2.24. The number of nitrogens with two attached hydrogens (primary N) is 3. The summed E-state index contributed by atoms with van der Waals surface area (Å²) in [5, 5.41) is 3.19. The van der Waals surface area contributed by atoms with Gasteiger partial charge in [-0.2, -0.15) is 0 Å². The van der Waals surface area contributed by atoms with Crippen molar-refractivity contribution in [2.45, 2.75) is 50.4 Å². The third kappa shape index (κ3) is 33.9. The lowest BCUT2D eigenvalue weighted by atomic mass is 10.1. The smallest absolute Gasteiger partial charge is 0.341 e. The molecule has 0 aliphatic rings. The molecule has 0 amide bonds. The molecule has 7 N–H and O–H groups in total. The fourth-order valence-electron chi connectivity index (χ4n) is 2.29. The van der Waals surface area contributed by atoms with Crippen LogP contribution in [0.3, 0.4) is 0 Å². The molecule has 15 heteroatoms. The second-order valence-corrected chi connectivity index (χ2v) is 34.2. The van der Waals surface area contributed by atoms with Gasteiger partial charge in [0.1, 0.15) is 0 Å². The van der Waals surface area contributed by atoms with Gasteiger partial charge in [0, 0.05) is 18.8 Å². The second-order valence-electron chi connectivity index (χ2n) is 7.43. The van der Waals surface area contributed by atoms with Crippen LogP contribution in [0.2, 0.25) is 24.7 Å². The zero-order valence-electron chi connectivity index (χ0n) is 18.8. The highest BCUT2D eigenvalue weighted by Gasteiger charge is 2.24. The predicted molar refractivity (Wildman–Crippen MR) is 164 cm³/mol. The fourth-order valence-corrected chi connectivity index (χ4v) is 7.48. The minimum Gasteiger partial charge on any atom is -0.399 e. The first-order chi connectivity index (χ1) is 15.1. The molecular weight excluding hydrogens is 640 g/mol. The van der Waals surface area contributed by atoms with E-state index in [0.29, 0.717) is 25.2 Å². The third-order valence-corrected chi connectivity index (χ3v) is 11.4. The first kappa shape index (κ1) is 37.0. The van der Waals surface area contributed by atoms with Gasteiger partial charge in [0.05, 0.1) is 0 Å². The number of hydrogen-bond acceptors (Lipinski definition) is 4. The highest BCUT2D eigenvalue weighted by Crippen LogP contribution is 2.27. The quantitative estimate of drug-likeness (QED) is 0.0764. The van der Waals surface area contributed by atoms with Gasteiger partial charge >= 0.3 is 12.0 Å². The number of halogens is 8. The maximum absolute atomic E-state index is 5.90. The van der Waals surface area contributed by atoms with Crippen LogP contribution < -0.4 is 22.5 Å². The van der Waals surface area contributed by atoms with Crippen LogP contribution in [0.5, 0.6) is 0 Å². The van der Waals surface area contributed by atoms with E-state index in [0.717, 1.165) is 50.5 Å². The molecule has 0 spiro atoms. The highest BCUT2D eigenvalue weighted by atomic mass is 35.8. The molecule has 0 saturated heterocycles. The van der Waals surface area contributed by atoms with Crippen molar-refractivity contribution >= 4 is 113 Å². The topological polar surface area (TPSA) is 90.1 Å². The van der Waals surface area contributed by atoms with Crippen LogP contribution in [-0.4, -0.2) is 44.9 Å². The van der Waals surface area contributed by atoms with Gasteiger partial charge in [0.15, 0.2) is 0 Å². The molecule has 0 aliphatic heterocycles. The lowest BCUT2D eigenvalue weighted by Gasteiger charge is -2.09. The second kappa shape index (κ2) is 20.9. The number of nitrogen functional groups attached to an aromatic ring is 1. The first-order valence-corrected chi connectivity index (χ1v) is 25.8. The zero-order valence-corrected chi connectivity index (χ0v) is 27.9. The summed E-state index contributed by atoms with van der Waals surface area (Å²) >= 11 is 45.7. The summed E-state index contributed by atoms with van der Waals surface area (Å²) in [6, 6.07) is 5.35. The standard InChI is InChI=1S/C9H12Cl3NSi.C6H16Cl2N2Si.C3H8Cl3NSi/c10-14(11,12)6-2-4-8-3-1-5-9(13)7-8;1-11(7,8)6-2-4-10-5-3-9;4-8(5,6)3-1-2-7/h1,3,5,7H,2,4,6,13H2;10H,2-6,9H2,1H3;1-3,7H2. The summed E-state index contributed by atoms with van der Waals surface area (Å²) in [5.41, 5.74) is 18.1. The molecule has 0 unspecified atom stereocenters. The molecule has 1 rings (SSSR count). The normalized spacial score (nSPS) is 11.8. The van der Waals surface area contributed by atoms with Gasteiger partial charge in [0.25, 0.3) is 0 Å². The van der Waals surface area contributed by atoms with Gasteiger partial charge < -0.3 is 22.5 Å². The predicted octanol–water partition coefficient (Wildman–Crippen LogP) is 7.32. The molecule has 0 bridgehead atoms. The van der Waals surface area contributed by atoms with Gasteiger partial charge in [-0.1, -0.05) is 12.1 Å². The Balaban J connectivity index is 0. The van der Waals surface area contributed by atoms with Crippen LogP contribution in [0.1, 0.15) is 24.8 Å². The molecule has 1 aromatic carbocycles. The fraction of sp³-hybridized carbons (Fsp3) is 0.667. The van der Waals surface area contributed by atoms with Gasteiger partial charge in [0.2, 0.25) is 6.69 Å². The Labute approximate surface area is 240 Å². The Morgan fingerprint density at radius 1 is 0.758 bits per heavy atom. The minimum absolute atomic E-state index is 0.612. The summed E-state index contributed by atoms with van der Waals surface area (Å²) in [7, 11) is 0. The average molecular weight is 676 g/mol. The van der Waals surface area contributed by atoms with Crippen molar-refractivity contribution in [1.29, 1.82) is 0 Å². The van der Waals surface area contributed by atoms with Crippen molar-refractivity contribution in [2.75, 3.05) is 31.9 Å². The van der Waals surface area contributed by atoms with Crippen LogP contribution >= 0.6 is 88.6 Å². The van der Waals surface area contributed by atoms with E-state index >= 15 is 0 Å². The van der Waals surface area contributed by atoms with Crippen LogP contribution in [0.25, 0.3) is 0 Å². The molecule has 196 valence electrons. The monoisotopic (exact) mass is 672 g/mol. The summed E-state index contributed by atoms with van der Waals surface area (Å²) in [6.45, 7) is 3.25. The van der Waals surface area contributed by atoms with E-state index in [9.17, 15) is 0 Å². The van der Waals surface area contributed by atoms with E-state index in [4.69, 9.17) is 106 Å². The number of aryl methyl sites for hydroxylation is 1. The molecule has 33 heavy (non-hydrogen) atoms. The van der Waals surface area contributed by atoms with Gasteiger partial charge in [-0.3, -0.25) is 0 Å². The van der Waals surface area contributed by atoms with E-state index in [1.807, 2.05) is 30.8 Å². The summed E-state index contributed by atoms with van der Waals surface area (Å²) in [4.78, 5) is 0. The van der Waals surface area contributed by atoms with Gasteiger partial charge in [-0.25, -0.2) is 0 Å². The van der Waals surface area contributed by atoms with Crippen LogP contribution in [-0.2, 0) is 6.42 Å². The van der Waals surface area contributed by atoms with Crippen molar-refractivity contribution < 1.29 is 0 Å². The summed E-state index contributed by atoms with van der Waals surface area (Å²) in [6.07, 6.45) is 3.70. The maximum Gasteiger partial charge on any atom is 0.341 e. The largest absolute Gasteiger partial charge is 0.399 e. The Morgan fingerprint density at radius 3 is 1.76 bits per heavy atom. The van der Waals surface area contributed by atoms with Crippen LogP contribution in [0.4, 0.5) is 5.69 Å². The molecule has 1 aromatic rings. The van der Waals surface area contributed by atoms with E-state index in [1.54, 1.807) is 0 Å². The Bertz CT molecular complexity index is 599. The van der Waals surface area contributed by atoms with Crippen molar-refractivity contribution in [1.82, 2.24) is 5.32 Å². The Morgan fingerprint density at radius 2 is 1.33 bits per heavy atom.